The SMILES string of the molecule is CCc1c(CN)cnn1CCC(C)C. The fraction of sp³-hybridized carbons (Fsp3) is 0.727. The molecule has 3 heteroatoms. The Morgan fingerprint density at radius 1 is 1.50 bits per heavy atom. The molecule has 0 saturated carbocycles. The van der Waals surface area contributed by atoms with Crippen molar-refractivity contribution in [2.75, 3.05) is 0 Å². The van der Waals surface area contributed by atoms with E-state index in [2.05, 4.69) is 30.6 Å². The van der Waals surface area contributed by atoms with Crippen LogP contribution in [-0.4, -0.2) is 9.78 Å². The Kier molecular flexibility index (Phi) is 4.14. The Balaban J connectivity index is 2.71. The van der Waals surface area contributed by atoms with Crippen molar-refractivity contribution in [3.63, 3.8) is 0 Å². The first kappa shape index (κ1) is 11.2. The monoisotopic (exact) mass is 195 g/mol. The van der Waals surface area contributed by atoms with Gasteiger partial charge in [0.2, 0.25) is 0 Å². The second-order valence-corrected chi connectivity index (χ2v) is 4.08. The summed E-state index contributed by atoms with van der Waals surface area (Å²) >= 11 is 0. The van der Waals surface area contributed by atoms with Gasteiger partial charge in [0.05, 0.1) is 6.20 Å². The first-order chi connectivity index (χ1) is 6.69. The molecular weight excluding hydrogens is 174 g/mol. The quantitative estimate of drug-likeness (QED) is 0.780. The first-order valence-electron chi connectivity index (χ1n) is 5.42. The molecule has 0 radical (unpaired) electrons. The average molecular weight is 195 g/mol. The van der Waals surface area contributed by atoms with Crippen molar-refractivity contribution in [1.82, 2.24) is 9.78 Å². The fourth-order valence-corrected chi connectivity index (χ4v) is 1.60. The van der Waals surface area contributed by atoms with Crippen LogP contribution in [0.1, 0.15) is 38.4 Å². The summed E-state index contributed by atoms with van der Waals surface area (Å²) in [6.07, 6.45) is 4.10. The van der Waals surface area contributed by atoms with Gasteiger partial charge in [-0.3, -0.25) is 4.68 Å². The van der Waals surface area contributed by atoms with Crippen LogP contribution >= 0.6 is 0 Å². The van der Waals surface area contributed by atoms with E-state index in [-0.39, 0.29) is 0 Å². The van der Waals surface area contributed by atoms with E-state index >= 15 is 0 Å². The molecule has 0 unspecified atom stereocenters. The van der Waals surface area contributed by atoms with E-state index in [4.69, 9.17) is 5.73 Å². The highest BCUT2D eigenvalue weighted by Crippen LogP contribution is 2.11. The standard InChI is InChI=1S/C11H21N3/c1-4-11-10(7-12)8-13-14(11)6-5-9(2)3/h8-9H,4-7,12H2,1-3H3. The largest absolute Gasteiger partial charge is 0.326 e. The third-order valence-electron chi connectivity index (χ3n) is 2.51. The summed E-state index contributed by atoms with van der Waals surface area (Å²) in [5, 5.41) is 4.37. The fourth-order valence-electron chi connectivity index (χ4n) is 1.60. The summed E-state index contributed by atoms with van der Waals surface area (Å²) in [4.78, 5) is 0. The number of aromatic nitrogens is 2. The lowest BCUT2D eigenvalue weighted by molar-refractivity contribution is 0.476. The number of rotatable bonds is 5. The van der Waals surface area contributed by atoms with Gasteiger partial charge in [0, 0.05) is 24.3 Å². The summed E-state index contributed by atoms with van der Waals surface area (Å²) in [6.45, 7) is 8.24. The van der Waals surface area contributed by atoms with E-state index < -0.39 is 0 Å². The van der Waals surface area contributed by atoms with Crippen molar-refractivity contribution in [3.05, 3.63) is 17.5 Å². The minimum absolute atomic E-state index is 0.602. The van der Waals surface area contributed by atoms with Crippen LogP contribution in [0.4, 0.5) is 0 Å². The predicted octanol–water partition coefficient (Wildman–Crippen LogP) is 1.95. The van der Waals surface area contributed by atoms with Crippen molar-refractivity contribution in [3.8, 4) is 0 Å². The smallest absolute Gasteiger partial charge is 0.0537 e. The van der Waals surface area contributed by atoms with E-state index in [0.717, 1.165) is 18.9 Å². The van der Waals surface area contributed by atoms with Gasteiger partial charge in [-0.15, -0.1) is 0 Å². The summed E-state index contributed by atoms with van der Waals surface area (Å²) in [7, 11) is 0. The van der Waals surface area contributed by atoms with Crippen LogP contribution < -0.4 is 5.73 Å². The van der Waals surface area contributed by atoms with Gasteiger partial charge < -0.3 is 5.73 Å². The van der Waals surface area contributed by atoms with Crippen molar-refractivity contribution < 1.29 is 0 Å². The highest BCUT2D eigenvalue weighted by Gasteiger charge is 2.07. The zero-order valence-electron chi connectivity index (χ0n) is 9.45. The Hall–Kier alpha value is -0.830. The van der Waals surface area contributed by atoms with Gasteiger partial charge in [0.1, 0.15) is 0 Å². The molecule has 0 aliphatic carbocycles. The van der Waals surface area contributed by atoms with Crippen LogP contribution in [0.25, 0.3) is 0 Å². The predicted molar refractivity (Wildman–Crippen MR) is 59.0 cm³/mol. The van der Waals surface area contributed by atoms with Crippen molar-refractivity contribution in [2.24, 2.45) is 11.7 Å². The highest BCUT2D eigenvalue weighted by molar-refractivity contribution is 5.17. The molecule has 3 nitrogen and oxygen atoms in total. The van der Waals surface area contributed by atoms with Gasteiger partial charge in [-0.2, -0.15) is 5.10 Å². The summed E-state index contributed by atoms with van der Waals surface area (Å²) in [5.41, 5.74) is 8.13. The van der Waals surface area contributed by atoms with Gasteiger partial charge in [0.25, 0.3) is 0 Å². The Bertz CT molecular complexity index is 276. The lowest BCUT2D eigenvalue weighted by Gasteiger charge is -2.08. The molecule has 1 heterocycles. The van der Waals surface area contributed by atoms with E-state index in [1.807, 2.05) is 6.20 Å². The number of nitrogens with zero attached hydrogens (tertiary/aromatic N) is 2. The molecule has 0 aliphatic heterocycles. The third-order valence-corrected chi connectivity index (χ3v) is 2.51. The minimum atomic E-state index is 0.602. The Morgan fingerprint density at radius 2 is 2.21 bits per heavy atom. The topological polar surface area (TPSA) is 43.8 Å². The van der Waals surface area contributed by atoms with Crippen LogP contribution in [-0.2, 0) is 19.5 Å². The molecular formula is C11H21N3. The molecule has 0 aromatic carbocycles. The van der Waals surface area contributed by atoms with Gasteiger partial charge in [-0.25, -0.2) is 0 Å². The van der Waals surface area contributed by atoms with Gasteiger partial charge in [-0.1, -0.05) is 20.8 Å². The zero-order valence-corrected chi connectivity index (χ0v) is 9.45. The van der Waals surface area contributed by atoms with Crippen LogP contribution in [0.2, 0.25) is 0 Å². The van der Waals surface area contributed by atoms with Crippen molar-refractivity contribution in [1.29, 1.82) is 0 Å². The first-order valence-corrected chi connectivity index (χ1v) is 5.42. The molecule has 0 spiro atoms. The molecule has 0 aliphatic rings. The molecule has 1 rings (SSSR count). The maximum atomic E-state index is 5.64. The van der Waals surface area contributed by atoms with Crippen molar-refractivity contribution in [2.45, 2.75) is 46.7 Å². The second-order valence-electron chi connectivity index (χ2n) is 4.08. The molecule has 1 aromatic heterocycles. The number of nitrogens with two attached hydrogens (primary N) is 1. The molecule has 0 atom stereocenters. The van der Waals surface area contributed by atoms with Crippen LogP contribution in [0, 0.1) is 5.92 Å². The molecule has 2 N–H and O–H groups in total. The Labute approximate surface area is 86.3 Å². The van der Waals surface area contributed by atoms with E-state index in [0.29, 0.717) is 6.54 Å². The van der Waals surface area contributed by atoms with E-state index in [1.165, 1.54) is 17.7 Å². The maximum absolute atomic E-state index is 5.64. The lowest BCUT2D eigenvalue weighted by atomic mass is 10.1. The molecule has 0 amide bonds. The molecule has 0 bridgehead atoms. The Morgan fingerprint density at radius 3 is 2.71 bits per heavy atom. The maximum Gasteiger partial charge on any atom is 0.0537 e. The average Bonchev–Trinajstić information content (AvgIpc) is 2.56. The van der Waals surface area contributed by atoms with Crippen LogP contribution in [0.3, 0.4) is 0 Å². The summed E-state index contributed by atoms with van der Waals surface area (Å²) < 4.78 is 2.10. The second kappa shape index (κ2) is 5.15. The summed E-state index contributed by atoms with van der Waals surface area (Å²) in [5.74, 6) is 0.727. The van der Waals surface area contributed by atoms with E-state index in [9.17, 15) is 0 Å². The van der Waals surface area contributed by atoms with E-state index in [1.54, 1.807) is 0 Å². The lowest BCUT2D eigenvalue weighted by Crippen LogP contribution is -2.08. The molecule has 0 saturated heterocycles. The van der Waals surface area contributed by atoms with Crippen LogP contribution in [0.15, 0.2) is 6.20 Å². The zero-order chi connectivity index (χ0) is 10.6. The highest BCUT2D eigenvalue weighted by atomic mass is 15.3. The minimum Gasteiger partial charge on any atom is -0.326 e. The summed E-state index contributed by atoms with van der Waals surface area (Å²) in [6, 6.07) is 0. The molecule has 14 heavy (non-hydrogen) atoms. The normalized spacial score (nSPS) is 11.2. The number of hydrogen-bond acceptors (Lipinski definition) is 2. The van der Waals surface area contributed by atoms with Crippen LogP contribution in [0.5, 0.6) is 0 Å². The number of aryl methyl sites for hydroxylation is 1. The molecule has 80 valence electrons. The third kappa shape index (κ3) is 2.58. The molecule has 0 fully saturated rings. The van der Waals surface area contributed by atoms with Crippen molar-refractivity contribution >= 4 is 0 Å². The van der Waals surface area contributed by atoms with Gasteiger partial charge in [0.15, 0.2) is 0 Å². The molecule has 1 aromatic rings. The van der Waals surface area contributed by atoms with Gasteiger partial charge in [-0.05, 0) is 18.8 Å². The number of hydrogen-bond donors (Lipinski definition) is 1. The van der Waals surface area contributed by atoms with Gasteiger partial charge >= 0.3 is 0 Å².